The Kier molecular flexibility index (Phi) is 9.96. The highest BCUT2D eigenvalue weighted by Crippen LogP contribution is 2.09. The van der Waals surface area contributed by atoms with E-state index >= 15 is 0 Å². The molecule has 6 nitrogen and oxygen atoms in total. The van der Waals surface area contributed by atoms with Gasteiger partial charge in [-0.25, -0.2) is 4.79 Å². The van der Waals surface area contributed by atoms with Crippen LogP contribution in [0.1, 0.15) is 37.0 Å². The molecule has 0 fully saturated rings. The monoisotopic (exact) mass is 368 g/mol. The van der Waals surface area contributed by atoms with Gasteiger partial charge in [-0.1, -0.05) is 11.6 Å². The Morgan fingerprint density at radius 1 is 1.00 bits per heavy atom. The van der Waals surface area contributed by atoms with Gasteiger partial charge in [0.25, 0.3) is 5.91 Å². The molecule has 0 saturated carbocycles. The van der Waals surface area contributed by atoms with Gasteiger partial charge < -0.3 is 20.9 Å². The Morgan fingerprint density at radius 2 is 1.60 bits per heavy atom. The number of urea groups is 1. The van der Waals surface area contributed by atoms with Crippen LogP contribution in [0.15, 0.2) is 24.3 Å². The predicted molar refractivity (Wildman–Crippen MR) is 102 cm³/mol. The van der Waals surface area contributed by atoms with E-state index < -0.39 is 0 Å². The summed E-state index contributed by atoms with van der Waals surface area (Å²) in [5.74, 6) is -0.187. The van der Waals surface area contributed by atoms with Gasteiger partial charge in [-0.3, -0.25) is 4.79 Å². The molecule has 1 rings (SSSR count). The van der Waals surface area contributed by atoms with Crippen LogP contribution < -0.4 is 16.0 Å². The summed E-state index contributed by atoms with van der Waals surface area (Å²) < 4.78 is 0. The van der Waals surface area contributed by atoms with Crippen LogP contribution in [0.3, 0.4) is 0 Å². The van der Waals surface area contributed by atoms with Gasteiger partial charge in [0.15, 0.2) is 0 Å². The first-order valence-electron chi connectivity index (χ1n) is 8.66. The van der Waals surface area contributed by atoms with Gasteiger partial charge in [0.1, 0.15) is 0 Å². The van der Waals surface area contributed by atoms with Crippen molar-refractivity contribution in [3.63, 3.8) is 0 Å². The topological polar surface area (TPSA) is 73.5 Å². The minimum absolute atomic E-state index is 0.187. The van der Waals surface area contributed by atoms with E-state index in [1.54, 1.807) is 24.3 Å². The summed E-state index contributed by atoms with van der Waals surface area (Å²) in [5.41, 5.74) is 0.542. The summed E-state index contributed by atoms with van der Waals surface area (Å²) in [5, 5.41) is 8.87. The standard InChI is InChI=1S/C18H29ClN4O2/c1-14(2)23(3)13-5-4-10-21-18(25)22-12-11-20-17(24)15-6-8-16(19)9-7-15/h6-9,14H,4-5,10-13H2,1-3H3,(H,20,24)(H2,21,22,25). The molecule has 0 radical (unpaired) electrons. The zero-order chi connectivity index (χ0) is 18.7. The minimum atomic E-state index is -0.210. The lowest BCUT2D eigenvalue weighted by molar-refractivity contribution is 0.0954. The van der Waals surface area contributed by atoms with E-state index in [1.165, 1.54) is 0 Å². The fourth-order valence-corrected chi connectivity index (χ4v) is 2.19. The number of unbranched alkanes of at least 4 members (excludes halogenated alkanes) is 1. The van der Waals surface area contributed by atoms with Gasteiger partial charge in [-0.05, 0) is 64.5 Å². The molecule has 7 heteroatoms. The number of nitrogens with zero attached hydrogens (tertiary/aromatic N) is 1. The second kappa shape index (κ2) is 11.7. The van der Waals surface area contributed by atoms with Crippen LogP contribution in [-0.2, 0) is 0 Å². The third-order valence-electron chi connectivity index (χ3n) is 3.91. The fourth-order valence-electron chi connectivity index (χ4n) is 2.06. The first-order chi connectivity index (χ1) is 11.9. The summed E-state index contributed by atoms with van der Waals surface area (Å²) in [4.78, 5) is 25.8. The first kappa shape index (κ1) is 21.3. The molecule has 0 aliphatic rings. The van der Waals surface area contributed by atoms with Crippen molar-refractivity contribution in [2.75, 3.05) is 33.2 Å². The van der Waals surface area contributed by atoms with Gasteiger partial charge in [0, 0.05) is 36.3 Å². The molecule has 0 saturated heterocycles. The smallest absolute Gasteiger partial charge is 0.314 e. The third-order valence-corrected chi connectivity index (χ3v) is 4.16. The van der Waals surface area contributed by atoms with Crippen molar-refractivity contribution in [3.05, 3.63) is 34.9 Å². The van der Waals surface area contributed by atoms with E-state index in [0.29, 0.717) is 36.3 Å². The predicted octanol–water partition coefficient (Wildman–Crippen LogP) is 2.49. The average molecular weight is 369 g/mol. The highest BCUT2D eigenvalue weighted by molar-refractivity contribution is 6.30. The SMILES string of the molecule is CC(C)N(C)CCCCNC(=O)NCCNC(=O)c1ccc(Cl)cc1. The lowest BCUT2D eigenvalue weighted by Gasteiger charge is -2.20. The maximum atomic E-state index is 11.9. The van der Waals surface area contributed by atoms with Gasteiger partial charge in [0.2, 0.25) is 0 Å². The minimum Gasteiger partial charge on any atom is -0.350 e. The van der Waals surface area contributed by atoms with E-state index in [0.717, 1.165) is 19.4 Å². The molecule has 3 amide bonds. The molecule has 1 aromatic rings. The van der Waals surface area contributed by atoms with Crippen LogP contribution in [0.5, 0.6) is 0 Å². The zero-order valence-corrected chi connectivity index (χ0v) is 16.0. The van der Waals surface area contributed by atoms with Crippen molar-refractivity contribution in [2.45, 2.75) is 32.7 Å². The van der Waals surface area contributed by atoms with Crippen LogP contribution in [0.2, 0.25) is 5.02 Å². The molecule has 0 aliphatic carbocycles. The summed E-state index contributed by atoms with van der Waals surface area (Å²) in [6, 6.07) is 6.99. The maximum absolute atomic E-state index is 11.9. The lowest BCUT2D eigenvalue weighted by Crippen LogP contribution is -2.40. The van der Waals surface area contributed by atoms with Crippen molar-refractivity contribution >= 4 is 23.5 Å². The van der Waals surface area contributed by atoms with Gasteiger partial charge >= 0.3 is 6.03 Å². The van der Waals surface area contributed by atoms with E-state index in [-0.39, 0.29) is 11.9 Å². The summed E-state index contributed by atoms with van der Waals surface area (Å²) in [7, 11) is 2.10. The number of carbonyl (C=O) groups is 2. The Morgan fingerprint density at radius 3 is 2.24 bits per heavy atom. The Hall–Kier alpha value is -1.79. The van der Waals surface area contributed by atoms with Crippen molar-refractivity contribution < 1.29 is 9.59 Å². The summed E-state index contributed by atoms with van der Waals surface area (Å²) >= 11 is 5.78. The van der Waals surface area contributed by atoms with Crippen LogP contribution in [0.25, 0.3) is 0 Å². The normalized spacial score (nSPS) is 10.8. The van der Waals surface area contributed by atoms with Crippen LogP contribution in [0.4, 0.5) is 4.79 Å². The third kappa shape index (κ3) is 9.31. The second-order valence-corrected chi connectivity index (χ2v) is 6.66. The maximum Gasteiger partial charge on any atom is 0.314 e. The van der Waals surface area contributed by atoms with Gasteiger partial charge in [-0.15, -0.1) is 0 Å². The zero-order valence-electron chi connectivity index (χ0n) is 15.3. The molecule has 3 N–H and O–H groups in total. The molecule has 0 bridgehead atoms. The van der Waals surface area contributed by atoms with E-state index in [1.807, 2.05) is 0 Å². The number of halogens is 1. The molecular weight excluding hydrogens is 340 g/mol. The molecule has 25 heavy (non-hydrogen) atoms. The number of hydrogen-bond donors (Lipinski definition) is 3. The van der Waals surface area contributed by atoms with E-state index in [9.17, 15) is 9.59 Å². The van der Waals surface area contributed by atoms with Crippen molar-refractivity contribution in [3.8, 4) is 0 Å². The molecule has 140 valence electrons. The van der Waals surface area contributed by atoms with Gasteiger partial charge in [0.05, 0.1) is 0 Å². The number of amides is 3. The second-order valence-electron chi connectivity index (χ2n) is 6.23. The molecule has 0 heterocycles. The summed E-state index contributed by atoms with van der Waals surface area (Å²) in [6.07, 6.45) is 1.99. The molecule has 0 unspecified atom stereocenters. The molecule has 0 aromatic heterocycles. The quantitative estimate of drug-likeness (QED) is 0.555. The van der Waals surface area contributed by atoms with E-state index in [2.05, 4.69) is 41.7 Å². The van der Waals surface area contributed by atoms with Crippen molar-refractivity contribution in [1.82, 2.24) is 20.9 Å². The Labute approximate surface area is 155 Å². The van der Waals surface area contributed by atoms with Crippen LogP contribution in [0, 0.1) is 0 Å². The number of carbonyl (C=O) groups excluding carboxylic acids is 2. The molecular formula is C18H29ClN4O2. The van der Waals surface area contributed by atoms with Crippen LogP contribution >= 0.6 is 11.6 Å². The highest BCUT2D eigenvalue weighted by Gasteiger charge is 2.05. The average Bonchev–Trinajstić information content (AvgIpc) is 2.58. The summed E-state index contributed by atoms with van der Waals surface area (Å²) in [6.45, 7) is 6.75. The van der Waals surface area contributed by atoms with Crippen LogP contribution in [-0.4, -0.2) is 56.1 Å². The Balaban J connectivity index is 2.05. The largest absolute Gasteiger partial charge is 0.350 e. The molecule has 0 spiro atoms. The lowest BCUT2D eigenvalue weighted by atomic mass is 10.2. The van der Waals surface area contributed by atoms with Crippen molar-refractivity contribution in [1.29, 1.82) is 0 Å². The number of benzene rings is 1. The number of hydrogen-bond acceptors (Lipinski definition) is 3. The van der Waals surface area contributed by atoms with Gasteiger partial charge in [-0.2, -0.15) is 0 Å². The van der Waals surface area contributed by atoms with Crippen molar-refractivity contribution in [2.24, 2.45) is 0 Å². The fraction of sp³-hybridized carbons (Fsp3) is 0.556. The molecule has 1 aromatic carbocycles. The molecule has 0 aliphatic heterocycles. The van der Waals surface area contributed by atoms with E-state index in [4.69, 9.17) is 11.6 Å². The number of nitrogens with one attached hydrogen (secondary N) is 3. The Bertz CT molecular complexity index is 534. The first-order valence-corrected chi connectivity index (χ1v) is 9.03. The highest BCUT2D eigenvalue weighted by atomic mass is 35.5. The molecule has 0 atom stereocenters. The number of rotatable bonds is 10.